The molecule has 1 heterocycles. The molecule has 7 nitrogen and oxygen atoms in total. The zero-order valence-corrected chi connectivity index (χ0v) is 18.7. The molecule has 0 aliphatic carbocycles. The van der Waals surface area contributed by atoms with Crippen LogP contribution >= 0.6 is 15.9 Å². The molecule has 0 aliphatic heterocycles. The molecule has 158 valence electrons. The highest BCUT2D eigenvalue weighted by Gasteiger charge is 2.12. The maximum absolute atomic E-state index is 12.9. The summed E-state index contributed by atoms with van der Waals surface area (Å²) in [5.41, 5.74) is 3.54. The summed E-state index contributed by atoms with van der Waals surface area (Å²) in [5, 5.41) is 8.71. The highest BCUT2D eigenvalue weighted by Crippen LogP contribution is 2.18. The molecule has 0 radical (unpaired) electrons. The SMILES string of the molecule is CC(=O)Nc1cc(C(=O)NC(=NCc2cccnc2)Nc2cccc(Br)c2)ccc1C. The van der Waals surface area contributed by atoms with Gasteiger partial charge in [0.25, 0.3) is 5.91 Å². The fourth-order valence-corrected chi connectivity index (χ4v) is 3.14. The van der Waals surface area contributed by atoms with Crippen molar-refractivity contribution in [2.24, 2.45) is 4.99 Å². The van der Waals surface area contributed by atoms with Gasteiger partial charge in [-0.25, -0.2) is 4.99 Å². The minimum absolute atomic E-state index is 0.198. The first kappa shape index (κ1) is 22.2. The predicted molar refractivity (Wildman–Crippen MR) is 126 cm³/mol. The maximum Gasteiger partial charge on any atom is 0.258 e. The molecule has 0 bridgehead atoms. The van der Waals surface area contributed by atoms with Gasteiger partial charge < -0.3 is 10.6 Å². The number of aryl methyl sites for hydroxylation is 1. The van der Waals surface area contributed by atoms with E-state index in [-0.39, 0.29) is 11.8 Å². The Labute approximate surface area is 189 Å². The largest absolute Gasteiger partial charge is 0.326 e. The molecule has 0 aliphatic rings. The van der Waals surface area contributed by atoms with Gasteiger partial charge in [0.2, 0.25) is 11.9 Å². The number of nitrogens with one attached hydrogen (secondary N) is 3. The Morgan fingerprint density at radius 3 is 2.61 bits per heavy atom. The second-order valence-corrected chi connectivity index (χ2v) is 7.74. The first-order valence-corrected chi connectivity index (χ1v) is 10.4. The van der Waals surface area contributed by atoms with Crippen molar-refractivity contribution in [2.75, 3.05) is 10.6 Å². The molecular weight excluding hydrogens is 458 g/mol. The van der Waals surface area contributed by atoms with Crippen LogP contribution in [0.2, 0.25) is 0 Å². The number of benzene rings is 2. The zero-order valence-electron chi connectivity index (χ0n) is 17.1. The van der Waals surface area contributed by atoms with Gasteiger partial charge in [0.1, 0.15) is 0 Å². The van der Waals surface area contributed by atoms with Crippen LogP contribution < -0.4 is 16.0 Å². The molecule has 0 spiro atoms. The van der Waals surface area contributed by atoms with E-state index < -0.39 is 0 Å². The van der Waals surface area contributed by atoms with Crippen molar-refractivity contribution in [3.05, 3.63) is 88.2 Å². The number of carbonyl (C=O) groups excluding carboxylic acids is 2. The van der Waals surface area contributed by atoms with E-state index in [1.54, 1.807) is 30.6 Å². The van der Waals surface area contributed by atoms with E-state index in [0.29, 0.717) is 23.8 Å². The van der Waals surface area contributed by atoms with Crippen LogP contribution in [0.1, 0.15) is 28.4 Å². The summed E-state index contributed by atoms with van der Waals surface area (Å²) >= 11 is 3.44. The van der Waals surface area contributed by atoms with Gasteiger partial charge >= 0.3 is 0 Å². The summed E-state index contributed by atoms with van der Waals surface area (Å²) in [5.74, 6) is -0.247. The van der Waals surface area contributed by atoms with Gasteiger partial charge in [-0.2, -0.15) is 0 Å². The lowest BCUT2D eigenvalue weighted by atomic mass is 10.1. The first-order valence-electron chi connectivity index (χ1n) is 9.56. The van der Waals surface area contributed by atoms with Gasteiger partial charge in [-0.15, -0.1) is 0 Å². The molecule has 0 atom stereocenters. The molecular formula is C23H22BrN5O2. The van der Waals surface area contributed by atoms with Crippen molar-refractivity contribution in [3.63, 3.8) is 0 Å². The lowest BCUT2D eigenvalue weighted by Crippen LogP contribution is -2.36. The second kappa shape index (κ2) is 10.5. The van der Waals surface area contributed by atoms with Crippen LogP contribution in [-0.4, -0.2) is 22.8 Å². The van der Waals surface area contributed by atoms with E-state index in [9.17, 15) is 9.59 Å². The number of halogens is 1. The number of hydrogen-bond donors (Lipinski definition) is 3. The van der Waals surface area contributed by atoms with Crippen molar-refractivity contribution < 1.29 is 9.59 Å². The number of aromatic nitrogens is 1. The van der Waals surface area contributed by atoms with Crippen molar-refractivity contribution >= 4 is 45.1 Å². The van der Waals surface area contributed by atoms with Crippen LogP contribution in [0.15, 0.2) is 76.5 Å². The van der Waals surface area contributed by atoms with Crippen LogP contribution in [0.5, 0.6) is 0 Å². The molecule has 2 amide bonds. The Bertz CT molecular complexity index is 1120. The Kier molecular flexibility index (Phi) is 7.50. The van der Waals surface area contributed by atoms with E-state index in [2.05, 4.69) is 41.9 Å². The summed E-state index contributed by atoms with van der Waals surface area (Å²) in [6.45, 7) is 3.63. The lowest BCUT2D eigenvalue weighted by Gasteiger charge is -2.13. The summed E-state index contributed by atoms with van der Waals surface area (Å²) in [7, 11) is 0. The first-order chi connectivity index (χ1) is 14.9. The number of guanidine groups is 1. The third kappa shape index (κ3) is 6.75. The number of aliphatic imine (C=N–C) groups is 1. The standard InChI is InChI=1S/C23H22BrN5O2/c1-15-8-9-18(11-21(15)27-16(2)30)22(31)29-23(26-14-17-5-4-10-25-13-17)28-20-7-3-6-19(24)12-20/h3-13H,14H2,1-2H3,(H,27,30)(H2,26,28,29,31). The number of anilines is 2. The highest BCUT2D eigenvalue weighted by molar-refractivity contribution is 9.10. The molecule has 3 N–H and O–H groups in total. The van der Waals surface area contributed by atoms with Crippen molar-refractivity contribution in [1.29, 1.82) is 0 Å². The van der Waals surface area contributed by atoms with Crippen LogP contribution in [-0.2, 0) is 11.3 Å². The highest BCUT2D eigenvalue weighted by atomic mass is 79.9. The molecule has 0 fully saturated rings. The number of amides is 2. The lowest BCUT2D eigenvalue weighted by molar-refractivity contribution is -0.114. The minimum atomic E-state index is -0.348. The molecule has 8 heteroatoms. The molecule has 0 saturated heterocycles. The molecule has 3 rings (SSSR count). The van der Waals surface area contributed by atoms with Gasteiger partial charge in [-0.05, 0) is 54.4 Å². The zero-order chi connectivity index (χ0) is 22.2. The Balaban J connectivity index is 1.83. The van der Waals surface area contributed by atoms with Crippen molar-refractivity contribution in [3.8, 4) is 0 Å². The van der Waals surface area contributed by atoms with Crippen molar-refractivity contribution in [2.45, 2.75) is 20.4 Å². The van der Waals surface area contributed by atoms with Crippen LogP contribution in [0.25, 0.3) is 0 Å². The van der Waals surface area contributed by atoms with Gasteiger partial charge in [0.15, 0.2) is 0 Å². The molecule has 1 aromatic heterocycles. The molecule has 0 saturated carbocycles. The Hall–Kier alpha value is -3.52. The number of hydrogen-bond acceptors (Lipinski definition) is 4. The number of pyridine rings is 1. The summed E-state index contributed by atoms with van der Waals surface area (Å²) in [6, 6.07) is 16.4. The fourth-order valence-electron chi connectivity index (χ4n) is 2.74. The molecule has 2 aromatic carbocycles. The van der Waals surface area contributed by atoms with Gasteiger partial charge in [-0.3, -0.25) is 19.9 Å². The van der Waals surface area contributed by atoms with Gasteiger partial charge in [-0.1, -0.05) is 34.1 Å². The smallest absolute Gasteiger partial charge is 0.258 e. The third-order valence-corrected chi connectivity index (χ3v) is 4.77. The second-order valence-electron chi connectivity index (χ2n) is 6.83. The van der Waals surface area contributed by atoms with Gasteiger partial charge in [0, 0.05) is 40.7 Å². The van der Waals surface area contributed by atoms with Crippen LogP contribution in [0.4, 0.5) is 11.4 Å². The minimum Gasteiger partial charge on any atom is -0.326 e. The van der Waals surface area contributed by atoms with E-state index in [0.717, 1.165) is 21.3 Å². The average Bonchev–Trinajstić information content (AvgIpc) is 2.74. The number of rotatable bonds is 5. The monoisotopic (exact) mass is 479 g/mol. The summed E-state index contributed by atoms with van der Waals surface area (Å²) < 4.78 is 0.897. The quantitative estimate of drug-likeness (QED) is 0.370. The van der Waals surface area contributed by atoms with Crippen LogP contribution in [0.3, 0.4) is 0 Å². The topological polar surface area (TPSA) is 95.5 Å². The third-order valence-electron chi connectivity index (χ3n) is 4.27. The fraction of sp³-hybridized carbons (Fsp3) is 0.130. The predicted octanol–water partition coefficient (Wildman–Crippen LogP) is 4.51. The summed E-state index contributed by atoms with van der Waals surface area (Å²) in [6.07, 6.45) is 3.42. The number of carbonyl (C=O) groups is 2. The molecule has 0 unspecified atom stereocenters. The van der Waals surface area contributed by atoms with Crippen LogP contribution in [0, 0.1) is 6.92 Å². The maximum atomic E-state index is 12.9. The summed E-state index contributed by atoms with van der Waals surface area (Å²) in [4.78, 5) is 32.9. The van der Waals surface area contributed by atoms with E-state index >= 15 is 0 Å². The van der Waals surface area contributed by atoms with Gasteiger partial charge in [0.05, 0.1) is 6.54 Å². The van der Waals surface area contributed by atoms with E-state index in [4.69, 9.17) is 0 Å². The number of nitrogens with zero attached hydrogens (tertiary/aromatic N) is 2. The molecule has 31 heavy (non-hydrogen) atoms. The van der Waals surface area contributed by atoms with Crippen molar-refractivity contribution in [1.82, 2.24) is 10.3 Å². The normalized spacial score (nSPS) is 11.0. The Morgan fingerprint density at radius 1 is 1.06 bits per heavy atom. The van der Waals surface area contributed by atoms with E-state index in [1.165, 1.54) is 6.92 Å². The molecule has 3 aromatic rings. The average molecular weight is 480 g/mol. The van der Waals surface area contributed by atoms with E-state index in [1.807, 2.05) is 43.3 Å². The Morgan fingerprint density at radius 2 is 1.90 bits per heavy atom.